The van der Waals surface area contributed by atoms with Crippen molar-refractivity contribution in [1.82, 2.24) is 5.32 Å². The lowest BCUT2D eigenvalue weighted by molar-refractivity contribution is 0.0950. The molecular formula is C16H14Cl2FNO. The van der Waals surface area contributed by atoms with E-state index in [0.29, 0.717) is 10.0 Å². The Morgan fingerprint density at radius 3 is 2.48 bits per heavy atom. The quantitative estimate of drug-likeness (QED) is 0.895. The molecule has 2 nitrogen and oxygen atoms in total. The van der Waals surface area contributed by atoms with Crippen LogP contribution < -0.4 is 10.1 Å². The number of nitrogens with one attached hydrogen (secondary N) is 1. The molecule has 1 saturated heterocycles. The molecule has 0 amide bonds. The van der Waals surface area contributed by atoms with E-state index in [0.717, 1.165) is 18.7 Å². The smallest absolute Gasteiger partial charge is 0.165 e. The first-order chi connectivity index (χ1) is 10.1. The molecule has 1 fully saturated rings. The van der Waals surface area contributed by atoms with Gasteiger partial charge < -0.3 is 10.1 Å². The zero-order chi connectivity index (χ0) is 14.8. The van der Waals surface area contributed by atoms with Gasteiger partial charge in [-0.2, -0.15) is 0 Å². The van der Waals surface area contributed by atoms with Gasteiger partial charge in [-0.15, -0.1) is 0 Å². The minimum Gasteiger partial charge on any atom is -0.482 e. The third-order valence-corrected chi connectivity index (χ3v) is 4.34. The van der Waals surface area contributed by atoms with Gasteiger partial charge in [0.1, 0.15) is 6.10 Å². The van der Waals surface area contributed by atoms with Gasteiger partial charge in [0.2, 0.25) is 0 Å². The summed E-state index contributed by atoms with van der Waals surface area (Å²) < 4.78 is 19.7. The fourth-order valence-electron chi connectivity index (χ4n) is 2.33. The highest BCUT2D eigenvalue weighted by molar-refractivity contribution is 6.42. The number of hydrogen-bond donors (Lipinski definition) is 1. The maximum atomic E-state index is 13.8. The first kappa shape index (κ1) is 14.6. The highest BCUT2D eigenvalue weighted by Gasteiger charge is 2.31. The Morgan fingerprint density at radius 1 is 1.10 bits per heavy atom. The summed E-state index contributed by atoms with van der Waals surface area (Å²) >= 11 is 12.0. The third kappa shape index (κ3) is 3.15. The van der Waals surface area contributed by atoms with Gasteiger partial charge in [-0.25, -0.2) is 4.39 Å². The summed E-state index contributed by atoms with van der Waals surface area (Å²) in [7, 11) is 0. The van der Waals surface area contributed by atoms with Crippen molar-refractivity contribution in [2.24, 2.45) is 5.92 Å². The third-order valence-electron chi connectivity index (χ3n) is 3.60. The molecule has 2 aromatic carbocycles. The number of halogens is 3. The topological polar surface area (TPSA) is 21.3 Å². The van der Waals surface area contributed by atoms with E-state index in [1.165, 1.54) is 6.07 Å². The summed E-state index contributed by atoms with van der Waals surface area (Å²) in [6, 6.07) is 11.8. The molecule has 1 aliphatic rings. The molecule has 0 saturated carbocycles. The van der Waals surface area contributed by atoms with Crippen LogP contribution in [0.25, 0.3) is 0 Å². The standard InChI is InChI=1S/C16H14Cl2FNO/c17-12-6-5-10(7-13(12)18)16(11-8-20-9-11)21-15-4-2-1-3-14(15)19/h1-7,11,16,20H,8-9H2. The molecular weight excluding hydrogens is 312 g/mol. The second-order valence-electron chi connectivity index (χ2n) is 5.06. The highest BCUT2D eigenvalue weighted by Crippen LogP contribution is 2.34. The summed E-state index contributed by atoms with van der Waals surface area (Å²) in [6.07, 6.45) is -0.252. The van der Waals surface area contributed by atoms with Crippen molar-refractivity contribution in [2.75, 3.05) is 13.1 Å². The van der Waals surface area contributed by atoms with Crippen LogP contribution in [0.4, 0.5) is 4.39 Å². The fourth-order valence-corrected chi connectivity index (χ4v) is 2.63. The van der Waals surface area contributed by atoms with E-state index in [1.54, 1.807) is 30.3 Å². The fraction of sp³-hybridized carbons (Fsp3) is 0.250. The molecule has 1 heterocycles. The van der Waals surface area contributed by atoms with E-state index in [4.69, 9.17) is 27.9 Å². The average Bonchev–Trinajstić information content (AvgIpc) is 2.41. The lowest BCUT2D eigenvalue weighted by Gasteiger charge is -2.35. The monoisotopic (exact) mass is 325 g/mol. The molecule has 3 rings (SSSR count). The van der Waals surface area contributed by atoms with Crippen molar-refractivity contribution in [3.05, 3.63) is 63.9 Å². The van der Waals surface area contributed by atoms with Crippen LogP contribution in [0.1, 0.15) is 11.7 Å². The Bertz CT molecular complexity index is 646. The molecule has 1 N–H and O–H groups in total. The van der Waals surface area contributed by atoms with Crippen LogP contribution in [0.5, 0.6) is 5.75 Å². The van der Waals surface area contributed by atoms with E-state index in [1.807, 2.05) is 6.07 Å². The van der Waals surface area contributed by atoms with Crippen molar-refractivity contribution < 1.29 is 9.13 Å². The van der Waals surface area contributed by atoms with Crippen LogP contribution in [-0.2, 0) is 0 Å². The van der Waals surface area contributed by atoms with Crippen molar-refractivity contribution in [3.8, 4) is 5.75 Å². The summed E-state index contributed by atoms with van der Waals surface area (Å²) in [6.45, 7) is 1.67. The average molecular weight is 326 g/mol. The van der Waals surface area contributed by atoms with Crippen molar-refractivity contribution >= 4 is 23.2 Å². The Balaban J connectivity index is 1.90. The number of benzene rings is 2. The molecule has 5 heteroatoms. The van der Waals surface area contributed by atoms with Gasteiger partial charge in [-0.3, -0.25) is 0 Å². The van der Waals surface area contributed by atoms with Crippen LogP contribution in [0.2, 0.25) is 10.0 Å². The van der Waals surface area contributed by atoms with Gasteiger partial charge in [-0.05, 0) is 29.8 Å². The zero-order valence-corrected chi connectivity index (χ0v) is 12.7. The predicted octanol–water partition coefficient (Wildman–Crippen LogP) is 4.47. The number of para-hydroxylation sites is 1. The Kier molecular flexibility index (Phi) is 4.34. The molecule has 0 aliphatic carbocycles. The normalized spacial score (nSPS) is 16.3. The van der Waals surface area contributed by atoms with Gasteiger partial charge in [0.15, 0.2) is 11.6 Å². The van der Waals surface area contributed by atoms with Gasteiger partial charge in [0.25, 0.3) is 0 Å². The molecule has 1 unspecified atom stereocenters. The second-order valence-corrected chi connectivity index (χ2v) is 5.88. The minimum absolute atomic E-state index is 0.250. The van der Waals surface area contributed by atoms with E-state index >= 15 is 0 Å². The molecule has 0 radical (unpaired) electrons. The maximum Gasteiger partial charge on any atom is 0.165 e. The molecule has 0 bridgehead atoms. The maximum absolute atomic E-state index is 13.8. The van der Waals surface area contributed by atoms with E-state index < -0.39 is 0 Å². The molecule has 0 spiro atoms. The Morgan fingerprint density at radius 2 is 1.86 bits per heavy atom. The largest absolute Gasteiger partial charge is 0.482 e. The van der Waals surface area contributed by atoms with E-state index in [9.17, 15) is 4.39 Å². The lowest BCUT2D eigenvalue weighted by Crippen LogP contribution is -2.46. The van der Waals surface area contributed by atoms with Crippen LogP contribution in [-0.4, -0.2) is 13.1 Å². The van der Waals surface area contributed by atoms with Gasteiger partial charge in [0, 0.05) is 19.0 Å². The molecule has 2 aromatic rings. The molecule has 21 heavy (non-hydrogen) atoms. The van der Waals surface area contributed by atoms with Crippen LogP contribution in [0.3, 0.4) is 0 Å². The first-order valence-corrected chi connectivity index (χ1v) is 7.47. The van der Waals surface area contributed by atoms with Crippen LogP contribution >= 0.6 is 23.2 Å². The molecule has 110 valence electrons. The van der Waals surface area contributed by atoms with E-state index in [2.05, 4.69) is 5.32 Å². The van der Waals surface area contributed by atoms with Gasteiger partial charge in [-0.1, -0.05) is 41.4 Å². The summed E-state index contributed by atoms with van der Waals surface area (Å²) in [5.74, 6) is 0.164. The van der Waals surface area contributed by atoms with Crippen LogP contribution in [0, 0.1) is 11.7 Å². The van der Waals surface area contributed by atoms with Crippen molar-refractivity contribution in [3.63, 3.8) is 0 Å². The number of ether oxygens (including phenoxy) is 1. The summed E-state index contributed by atoms with van der Waals surface area (Å²) in [5.41, 5.74) is 0.902. The van der Waals surface area contributed by atoms with Crippen molar-refractivity contribution in [1.29, 1.82) is 0 Å². The lowest BCUT2D eigenvalue weighted by atomic mass is 9.91. The Hall–Kier alpha value is -1.29. The van der Waals surface area contributed by atoms with Gasteiger partial charge >= 0.3 is 0 Å². The van der Waals surface area contributed by atoms with E-state index in [-0.39, 0.29) is 23.6 Å². The first-order valence-electron chi connectivity index (χ1n) is 6.72. The van der Waals surface area contributed by atoms with Crippen molar-refractivity contribution in [2.45, 2.75) is 6.10 Å². The zero-order valence-electron chi connectivity index (χ0n) is 11.2. The van der Waals surface area contributed by atoms with Gasteiger partial charge in [0.05, 0.1) is 10.0 Å². The highest BCUT2D eigenvalue weighted by atomic mass is 35.5. The summed E-state index contributed by atoms with van der Waals surface area (Å²) in [4.78, 5) is 0. The van der Waals surface area contributed by atoms with Crippen LogP contribution in [0.15, 0.2) is 42.5 Å². The molecule has 1 atom stereocenters. The molecule has 0 aromatic heterocycles. The number of hydrogen-bond acceptors (Lipinski definition) is 2. The molecule has 1 aliphatic heterocycles. The minimum atomic E-state index is -0.366. The SMILES string of the molecule is Fc1ccccc1OC(c1ccc(Cl)c(Cl)c1)C1CNC1. The Labute approximate surface area is 132 Å². The second kappa shape index (κ2) is 6.22. The summed E-state index contributed by atoms with van der Waals surface area (Å²) in [5, 5.41) is 4.18. The predicted molar refractivity (Wildman–Crippen MR) is 82.6 cm³/mol. The number of rotatable bonds is 4.